The minimum atomic E-state index is -0.655. The van der Waals surface area contributed by atoms with Crippen molar-refractivity contribution in [3.05, 3.63) is 78.4 Å². The van der Waals surface area contributed by atoms with Gasteiger partial charge in [0.1, 0.15) is 11.5 Å². The van der Waals surface area contributed by atoms with E-state index >= 15 is 0 Å². The van der Waals surface area contributed by atoms with E-state index in [0.717, 1.165) is 0 Å². The summed E-state index contributed by atoms with van der Waals surface area (Å²) in [5, 5.41) is 29.3. The number of carbonyl (C=O) groups excluding carboxylic acids is 1. The summed E-state index contributed by atoms with van der Waals surface area (Å²) >= 11 is 12.0. The van der Waals surface area contributed by atoms with Crippen molar-refractivity contribution in [2.45, 2.75) is 20.4 Å². The molecule has 0 bridgehead atoms. The van der Waals surface area contributed by atoms with Gasteiger partial charge in [0.05, 0.1) is 51.0 Å². The van der Waals surface area contributed by atoms with Crippen molar-refractivity contribution in [1.29, 1.82) is 0 Å². The molecular weight excluding hydrogens is 477 g/mol. The van der Waals surface area contributed by atoms with E-state index < -0.39 is 21.7 Å². The zero-order valence-corrected chi connectivity index (χ0v) is 18.8. The maximum Gasteiger partial charge on any atom is 0.390 e. The Labute approximate surface area is 197 Å². The number of anilines is 1. The lowest BCUT2D eigenvalue weighted by Gasteiger charge is -2.13. The van der Waals surface area contributed by atoms with Crippen molar-refractivity contribution in [2.24, 2.45) is 5.92 Å². The summed E-state index contributed by atoms with van der Waals surface area (Å²) < 4.78 is 7.00. The summed E-state index contributed by atoms with van der Waals surface area (Å²) in [4.78, 5) is 33.7. The molecule has 0 spiro atoms. The Balaban J connectivity index is 1.79. The monoisotopic (exact) mass is 493 g/mol. The molecule has 0 saturated carbocycles. The second kappa shape index (κ2) is 9.84. The third-order valence-corrected chi connectivity index (χ3v) is 5.07. The standard InChI is InChI=1S/C20H17Cl2N5O6/c1-11(10-25-12(2)5-19(24-25)27(31)32)20(28)23-14-7-15(26(29)30)9-16(8-14)33-18-4-3-13(21)6-17(18)22/h3-9,11H,10H2,1-2H3,(H,23,28). The van der Waals surface area contributed by atoms with Crippen LogP contribution in [0.1, 0.15) is 12.6 Å². The van der Waals surface area contributed by atoms with Crippen LogP contribution in [0.25, 0.3) is 0 Å². The van der Waals surface area contributed by atoms with Crippen molar-refractivity contribution < 1.29 is 19.4 Å². The topological polar surface area (TPSA) is 142 Å². The molecule has 1 amide bonds. The SMILES string of the molecule is Cc1cc([N+](=O)[O-])nn1CC(C)C(=O)Nc1cc(Oc2ccc(Cl)cc2Cl)cc([N+](=O)[O-])c1. The summed E-state index contributed by atoms with van der Waals surface area (Å²) in [7, 11) is 0. The molecule has 13 heteroatoms. The third kappa shape index (κ3) is 5.96. The number of nitro benzene ring substituents is 1. The predicted molar refractivity (Wildman–Crippen MR) is 121 cm³/mol. The molecule has 33 heavy (non-hydrogen) atoms. The Kier molecular flexibility index (Phi) is 7.14. The molecular formula is C20H17Cl2N5O6. The Morgan fingerprint density at radius 3 is 2.48 bits per heavy atom. The number of nitrogens with one attached hydrogen (secondary N) is 1. The molecule has 0 aliphatic carbocycles. The number of non-ortho nitro benzene ring substituents is 1. The lowest BCUT2D eigenvalue weighted by Crippen LogP contribution is -2.25. The molecule has 3 aromatic rings. The van der Waals surface area contributed by atoms with Crippen LogP contribution in [0.5, 0.6) is 11.5 Å². The van der Waals surface area contributed by atoms with E-state index in [9.17, 15) is 25.0 Å². The zero-order valence-electron chi connectivity index (χ0n) is 17.3. The average molecular weight is 494 g/mol. The molecule has 11 nitrogen and oxygen atoms in total. The van der Waals surface area contributed by atoms with Gasteiger partial charge in [-0.05, 0) is 30.0 Å². The van der Waals surface area contributed by atoms with Crippen LogP contribution in [0.4, 0.5) is 17.2 Å². The van der Waals surface area contributed by atoms with Crippen molar-refractivity contribution in [1.82, 2.24) is 9.78 Å². The second-order valence-corrected chi connectivity index (χ2v) is 7.97. The fourth-order valence-electron chi connectivity index (χ4n) is 2.88. The lowest BCUT2D eigenvalue weighted by atomic mass is 10.1. The Hall–Kier alpha value is -3.70. The van der Waals surface area contributed by atoms with E-state index in [1.807, 2.05) is 0 Å². The molecule has 1 atom stereocenters. The summed E-state index contributed by atoms with van der Waals surface area (Å²) in [5.41, 5.74) is 0.343. The first-order valence-electron chi connectivity index (χ1n) is 9.45. The van der Waals surface area contributed by atoms with Crippen LogP contribution < -0.4 is 10.1 Å². The number of halogens is 2. The highest BCUT2D eigenvalue weighted by atomic mass is 35.5. The quantitative estimate of drug-likeness (QED) is 0.327. The number of benzene rings is 2. The molecule has 0 fully saturated rings. The number of carbonyl (C=O) groups is 1. The van der Waals surface area contributed by atoms with Crippen LogP contribution >= 0.6 is 23.2 Å². The molecule has 3 rings (SSSR count). The first-order chi connectivity index (χ1) is 15.5. The largest absolute Gasteiger partial charge is 0.455 e. The van der Waals surface area contributed by atoms with Gasteiger partial charge in [0.2, 0.25) is 5.91 Å². The molecule has 1 N–H and O–H groups in total. The summed E-state index contributed by atoms with van der Waals surface area (Å²) in [6.07, 6.45) is 0. The molecule has 2 aromatic carbocycles. The van der Waals surface area contributed by atoms with Crippen molar-refractivity contribution in [2.75, 3.05) is 5.32 Å². The summed E-state index contributed by atoms with van der Waals surface area (Å²) in [5.74, 6) is -1.14. The fraction of sp³-hybridized carbons (Fsp3) is 0.200. The smallest absolute Gasteiger partial charge is 0.390 e. The minimum absolute atomic E-state index is 0.0736. The van der Waals surface area contributed by atoms with Crippen LogP contribution in [0.15, 0.2) is 42.5 Å². The molecule has 0 aliphatic rings. The predicted octanol–water partition coefficient (Wildman–Crippen LogP) is 5.38. The van der Waals surface area contributed by atoms with Crippen LogP contribution in [0.2, 0.25) is 10.0 Å². The van der Waals surface area contributed by atoms with Gasteiger partial charge in [-0.15, -0.1) is 0 Å². The lowest BCUT2D eigenvalue weighted by molar-refractivity contribution is -0.389. The number of rotatable bonds is 8. The van der Waals surface area contributed by atoms with Crippen molar-refractivity contribution in [3.63, 3.8) is 0 Å². The number of hydrogen-bond donors (Lipinski definition) is 1. The van der Waals surface area contributed by atoms with E-state index in [1.165, 1.54) is 41.1 Å². The van der Waals surface area contributed by atoms with E-state index in [4.69, 9.17) is 27.9 Å². The minimum Gasteiger partial charge on any atom is -0.455 e. The number of nitrogens with zero attached hydrogens (tertiary/aromatic N) is 4. The average Bonchev–Trinajstić information content (AvgIpc) is 3.10. The van der Waals surface area contributed by atoms with E-state index in [0.29, 0.717) is 10.7 Å². The number of ether oxygens (including phenoxy) is 1. The van der Waals surface area contributed by atoms with Crippen LogP contribution in [0, 0.1) is 33.1 Å². The maximum atomic E-state index is 12.7. The molecule has 172 valence electrons. The fourth-order valence-corrected chi connectivity index (χ4v) is 3.33. The molecule has 0 radical (unpaired) electrons. The van der Waals surface area contributed by atoms with Gasteiger partial charge < -0.3 is 20.2 Å². The number of aromatic nitrogens is 2. The van der Waals surface area contributed by atoms with Crippen molar-refractivity contribution in [3.8, 4) is 11.5 Å². The molecule has 1 heterocycles. The van der Waals surface area contributed by atoms with Crippen LogP contribution in [-0.2, 0) is 11.3 Å². The molecule has 1 unspecified atom stereocenters. The van der Waals surface area contributed by atoms with Crippen molar-refractivity contribution >= 4 is 46.3 Å². The number of aryl methyl sites for hydroxylation is 1. The van der Waals surface area contributed by atoms with Gasteiger partial charge >= 0.3 is 5.82 Å². The Morgan fingerprint density at radius 2 is 1.88 bits per heavy atom. The molecule has 0 saturated heterocycles. The Morgan fingerprint density at radius 1 is 1.15 bits per heavy atom. The summed E-state index contributed by atoms with van der Waals surface area (Å²) in [6.45, 7) is 3.31. The highest BCUT2D eigenvalue weighted by Crippen LogP contribution is 2.34. The van der Waals surface area contributed by atoms with Gasteiger partial charge in [0, 0.05) is 17.2 Å². The summed E-state index contributed by atoms with van der Waals surface area (Å²) in [6, 6.07) is 9.60. The normalized spacial score (nSPS) is 11.6. The highest BCUT2D eigenvalue weighted by molar-refractivity contribution is 6.35. The Bertz CT molecular complexity index is 1250. The molecule has 0 aliphatic heterocycles. The van der Waals surface area contributed by atoms with Gasteiger partial charge in [-0.2, -0.15) is 4.68 Å². The van der Waals surface area contributed by atoms with E-state index in [2.05, 4.69) is 10.4 Å². The van der Waals surface area contributed by atoms with Gasteiger partial charge in [0.25, 0.3) is 5.69 Å². The molecule has 1 aromatic heterocycles. The third-order valence-electron chi connectivity index (χ3n) is 4.54. The highest BCUT2D eigenvalue weighted by Gasteiger charge is 2.22. The number of nitro groups is 2. The maximum absolute atomic E-state index is 12.7. The van der Waals surface area contributed by atoms with Gasteiger partial charge in [0.15, 0.2) is 0 Å². The van der Waals surface area contributed by atoms with Gasteiger partial charge in [-0.1, -0.05) is 30.1 Å². The van der Waals surface area contributed by atoms with Gasteiger partial charge in [-0.25, -0.2) is 0 Å². The van der Waals surface area contributed by atoms with Crippen LogP contribution in [0.3, 0.4) is 0 Å². The van der Waals surface area contributed by atoms with Crippen LogP contribution in [-0.4, -0.2) is 25.5 Å². The number of hydrogen-bond acceptors (Lipinski definition) is 7. The first-order valence-corrected chi connectivity index (χ1v) is 10.2. The van der Waals surface area contributed by atoms with E-state index in [1.54, 1.807) is 19.9 Å². The first kappa shape index (κ1) is 24.0. The van der Waals surface area contributed by atoms with E-state index in [-0.39, 0.29) is 40.3 Å². The zero-order chi connectivity index (χ0) is 24.3. The number of amides is 1. The second-order valence-electron chi connectivity index (χ2n) is 7.12. The van der Waals surface area contributed by atoms with Gasteiger partial charge in [-0.3, -0.25) is 14.9 Å².